The number of rotatable bonds is 2. The van der Waals surface area contributed by atoms with Crippen molar-refractivity contribution >= 4 is 0 Å². The van der Waals surface area contributed by atoms with Gasteiger partial charge < -0.3 is 5.32 Å². The van der Waals surface area contributed by atoms with Crippen LogP contribution < -0.4 is 5.32 Å². The zero-order valence-electron chi connectivity index (χ0n) is 8.89. The fraction of sp³-hybridized carbons (Fsp3) is 0.583. The molecule has 0 saturated carbocycles. The third-order valence-corrected chi connectivity index (χ3v) is 3.65. The van der Waals surface area contributed by atoms with E-state index in [0.29, 0.717) is 0 Å². The van der Waals surface area contributed by atoms with Gasteiger partial charge in [0.25, 0.3) is 0 Å². The summed E-state index contributed by atoms with van der Waals surface area (Å²) in [5.74, 6) is 0. The molecule has 0 radical (unpaired) electrons. The molecule has 2 atom stereocenters. The molecule has 2 aliphatic rings. The number of hydrogen-bond acceptors (Lipinski definition) is 3. The van der Waals surface area contributed by atoms with Gasteiger partial charge in [-0.2, -0.15) is 0 Å². The van der Waals surface area contributed by atoms with Crippen molar-refractivity contribution in [1.82, 2.24) is 15.2 Å². The summed E-state index contributed by atoms with van der Waals surface area (Å²) in [6, 6.07) is 5.77. The van der Waals surface area contributed by atoms with Gasteiger partial charge in [-0.3, -0.25) is 9.88 Å². The van der Waals surface area contributed by atoms with Gasteiger partial charge in [0.2, 0.25) is 0 Å². The van der Waals surface area contributed by atoms with E-state index in [1.54, 1.807) is 0 Å². The van der Waals surface area contributed by atoms with E-state index in [0.717, 1.165) is 18.6 Å². The first kappa shape index (κ1) is 9.31. The molecule has 1 aromatic rings. The molecule has 80 valence electrons. The van der Waals surface area contributed by atoms with E-state index in [1.165, 1.54) is 31.5 Å². The van der Waals surface area contributed by atoms with Crippen molar-refractivity contribution in [3.05, 3.63) is 30.1 Å². The molecule has 2 fully saturated rings. The fourth-order valence-corrected chi connectivity index (χ4v) is 2.83. The van der Waals surface area contributed by atoms with Crippen LogP contribution in [0.1, 0.15) is 18.4 Å². The van der Waals surface area contributed by atoms with Crippen LogP contribution in [-0.4, -0.2) is 35.1 Å². The predicted molar refractivity (Wildman–Crippen MR) is 59.5 cm³/mol. The Bertz CT molecular complexity index is 309. The number of piperazine rings is 1. The van der Waals surface area contributed by atoms with Crippen LogP contribution in [0.25, 0.3) is 0 Å². The summed E-state index contributed by atoms with van der Waals surface area (Å²) in [5.41, 5.74) is 1.39. The van der Waals surface area contributed by atoms with Gasteiger partial charge in [-0.1, -0.05) is 0 Å². The van der Waals surface area contributed by atoms with Gasteiger partial charge in [-0.15, -0.1) is 0 Å². The molecule has 2 saturated heterocycles. The van der Waals surface area contributed by atoms with Gasteiger partial charge in [-0.05, 0) is 30.5 Å². The third-order valence-electron chi connectivity index (χ3n) is 3.65. The van der Waals surface area contributed by atoms with E-state index in [4.69, 9.17) is 0 Å². The summed E-state index contributed by atoms with van der Waals surface area (Å²) in [7, 11) is 0. The van der Waals surface area contributed by atoms with Crippen molar-refractivity contribution in [2.75, 3.05) is 13.1 Å². The van der Waals surface area contributed by atoms with Crippen molar-refractivity contribution in [2.45, 2.75) is 31.5 Å². The molecular formula is C12H17N3. The van der Waals surface area contributed by atoms with Gasteiger partial charge in [-0.25, -0.2) is 0 Å². The lowest BCUT2D eigenvalue weighted by atomic mass is 10.1. The van der Waals surface area contributed by atoms with Gasteiger partial charge in [0, 0.05) is 44.1 Å². The first-order valence-electron chi connectivity index (χ1n) is 5.79. The van der Waals surface area contributed by atoms with E-state index in [2.05, 4.69) is 27.3 Å². The largest absolute Gasteiger partial charge is 0.314 e. The predicted octanol–water partition coefficient (Wildman–Crippen LogP) is 1.02. The Labute approximate surface area is 90.5 Å². The molecule has 2 unspecified atom stereocenters. The second-order valence-electron chi connectivity index (χ2n) is 4.57. The second kappa shape index (κ2) is 3.91. The molecule has 3 rings (SSSR count). The van der Waals surface area contributed by atoms with Crippen molar-refractivity contribution in [2.24, 2.45) is 0 Å². The van der Waals surface area contributed by atoms with Crippen LogP contribution in [0.4, 0.5) is 0 Å². The molecule has 3 heterocycles. The summed E-state index contributed by atoms with van der Waals surface area (Å²) in [6.07, 6.45) is 6.50. The van der Waals surface area contributed by atoms with Gasteiger partial charge in [0.1, 0.15) is 0 Å². The number of nitrogens with zero attached hydrogens (tertiary/aromatic N) is 2. The minimum absolute atomic E-state index is 0.761. The zero-order chi connectivity index (χ0) is 10.1. The Kier molecular flexibility index (Phi) is 2.43. The van der Waals surface area contributed by atoms with Crippen LogP contribution in [0, 0.1) is 0 Å². The average molecular weight is 203 g/mol. The highest BCUT2D eigenvalue weighted by Gasteiger charge is 2.35. The lowest BCUT2D eigenvalue weighted by Gasteiger charge is -2.35. The molecule has 0 spiro atoms. The SMILES string of the molecule is c1cc(CN2C3CCC2CNC3)ccn1. The molecule has 1 aromatic heterocycles. The van der Waals surface area contributed by atoms with E-state index in [9.17, 15) is 0 Å². The maximum absolute atomic E-state index is 4.06. The van der Waals surface area contributed by atoms with Gasteiger partial charge >= 0.3 is 0 Å². The van der Waals surface area contributed by atoms with Crippen LogP contribution in [0.15, 0.2) is 24.5 Å². The Morgan fingerprint density at radius 1 is 1.20 bits per heavy atom. The number of hydrogen-bond donors (Lipinski definition) is 1. The quantitative estimate of drug-likeness (QED) is 0.778. The lowest BCUT2D eigenvalue weighted by molar-refractivity contribution is 0.145. The van der Waals surface area contributed by atoms with Gasteiger partial charge in [0.15, 0.2) is 0 Å². The fourth-order valence-electron chi connectivity index (χ4n) is 2.83. The van der Waals surface area contributed by atoms with E-state index >= 15 is 0 Å². The Balaban J connectivity index is 1.73. The summed E-state index contributed by atoms with van der Waals surface area (Å²) in [5, 5.41) is 3.51. The topological polar surface area (TPSA) is 28.2 Å². The maximum Gasteiger partial charge on any atom is 0.0271 e. The van der Waals surface area contributed by atoms with Crippen LogP contribution >= 0.6 is 0 Å². The molecule has 0 aliphatic carbocycles. The average Bonchev–Trinajstić information content (AvgIpc) is 2.53. The first-order valence-corrected chi connectivity index (χ1v) is 5.79. The minimum Gasteiger partial charge on any atom is -0.314 e. The number of pyridine rings is 1. The van der Waals surface area contributed by atoms with Crippen molar-refractivity contribution in [1.29, 1.82) is 0 Å². The summed E-state index contributed by atoms with van der Waals surface area (Å²) in [4.78, 5) is 6.72. The minimum atomic E-state index is 0.761. The number of fused-ring (bicyclic) bond motifs is 2. The molecule has 3 heteroatoms. The monoisotopic (exact) mass is 203 g/mol. The summed E-state index contributed by atoms with van der Waals surface area (Å²) < 4.78 is 0. The molecule has 15 heavy (non-hydrogen) atoms. The van der Waals surface area contributed by atoms with Crippen molar-refractivity contribution in [3.63, 3.8) is 0 Å². The number of aromatic nitrogens is 1. The Hall–Kier alpha value is -0.930. The highest BCUT2D eigenvalue weighted by atomic mass is 15.3. The molecule has 2 bridgehead atoms. The smallest absolute Gasteiger partial charge is 0.0271 e. The van der Waals surface area contributed by atoms with Crippen LogP contribution in [0.5, 0.6) is 0 Å². The van der Waals surface area contributed by atoms with Crippen molar-refractivity contribution < 1.29 is 0 Å². The molecule has 0 aromatic carbocycles. The van der Waals surface area contributed by atoms with Gasteiger partial charge in [0.05, 0.1) is 0 Å². The van der Waals surface area contributed by atoms with E-state index in [1.807, 2.05) is 12.4 Å². The first-order chi connectivity index (χ1) is 7.43. The van der Waals surface area contributed by atoms with Crippen molar-refractivity contribution in [3.8, 4) is 0 Å². The Morgan fingerprint density at radius 3 is 2.53 bits per heavy atom. The molecule has 0 amide bonds. The van der Waals surface area contributed by atoms with Crippen LogP contribution in [0.3, 0.4) is 0 Å². The summed E-state index contributed by atoms with van der Waals surface area (Å²) >= 11 is 0. The third kappa shape index (κ3) is 1.77. The molecule has 1 N–H and O–H groups in total. The standard InChI is InChI=1S/C12H17N3/c1-2-12-8-14-7-11(1)15(12)9-10-3-5-13-6-4-10/h3-6,11-12,14H,1-2,7-9H2. The lowest BCUT2D eigenvalue weighted by Crippen LogP contribution is -2.51. The maximum atomic E-state index is 4.06. The molecule has 2 aliphatic heterocycles. The normalized spacial score (nSPS) is 30.7. The highest BCUT2D eigenvalue weighted by molar-refractivity contribution is 5.11. The molecular weight excluding hydrogens is 186 g/mol. The zero-order valence-corrected chi connectivity index (χ0v) is 8.89. The van der Waals surface area contributed by atoms with E-state index in [-0.39, 0.29) is 0 Å². The van der Waals surface area contributed by atoms with Crippen LogP contribution in [0.2, 0.25) is 0 Å². The molecule has 3 nitrogen and oxygen atoms in total. The summed E-state index contributed by atoms with van der Waals surface area (Å²) in [6.45, 7) is 3.43. The van der Waals surface area contributed by atoms with E-state index < -0.39 is 0 Å². The second-order valence-corrected chi connectivity index (χ2v) is 4.57. The Morgan fingerprint density at radius 2 is 1.87 bits per heavy atom. The highest BCUT2D eigenvalue weighted by Crippen LogP contribution is 2.27. The van der Waals surface area contributed by atoms with Crippen LogP contribution in [-0.2, 0) is 6.54 Å². The number of nitrogens with one attached hydrogen (secondary N) is 1.